The van der Waals surface area contributed by atoms with Gasteiger partial charge in [-0.1, -0.05) is 42.5 Å². The van der Waals surface area contributed by atoms with Crippen LogP contribution >= 0.6 is 0 Å². The Bertz CT molecular complexity index is 811. The van der Waals surface area contributed by atoms with E-state index in [1.807, 2.05) is 36.2 Å². The van der Waals surface area contributed by atoms with Crippen LogP contribution in [0.25, 0.3) is 0 Å². The minimum Gasteiger partial charge on any atom is -0.491 e. The predicted octanol–water partition coefficient (Wildman–Crippen LogP) is 1.66. The zero-order valence-electron chi connectivity index (χ0n) is 17.3. The van der Waals surface area contributed by atoms with Crippen LogP contribution in [0.4, 0.5) is 0 Å². The maximum atomic E-state index is 11.6. The van der Waals surface area contributed by atoms with E-state index in [0.717, 1.165) is 30.8 Å². The molecule has 6 nitrogen and oxygen atoms in total. The van der Waals surface area contributed by atoms with Gasteiger partial charge in [0.2, 0.25) is 5.91 Å². The summed E-state index contributed by atoms with van der Waals surface area (Å²) in [6.45, 7) is 3.58. The van der Waals surface area contributed by atoms with Crippen molar-refractivity contribution in [1.82, 2.24) is 15.1 Å². The van der Waals surface area contributed by atoms with Crippen LogP contribution in [-0.2, 0) is 24.3 Å². The molecule has 0 unspecified atom stereocenters. The molecule has 0 aromatic heterocycles. The maximum Gasteiger partial charge on any atom is 0.233 e. The summed E-state index contributed by atoms with van der Waals surface area (Å²) in [5, 5.41) is 13.1. The van der Waals surface area contributed by atoms with Gasteiger partial charge in [-0.3, -0.25) is 14.6 Å². The van der Waals surface area contributed by atoms with E-state index in [4.69, 9.17) is 4.74 Å². The van der Waals surface area contributed by atoms with Gasteiger partial charge < -0.3 is 15.2 Å². The van der Waals surface area contributed by atoms with Crippen LogP contribution in [0.2, 0.25) is 0 Å². The van der Waals surface area contributed by atoms with Gasteiger partial charge in [-0.25, -0.2) is 0 Å². The number of likely N-dealkylation sites (N-methyl/N-ethyl adjacent to an activating group) is 2. The molecule has 0 aliphatic carbocycles. The highest BCUT2D eigenvalue weighted by Crippen LogP contribution is 2.21. The van der Waals surface area contributed by atoms with Gasteiger partial charge in [-0.15, -0.1) is 0 Å². The molecule has 1 atom stereocenters. The summed E-state index contributed by atoms with van der Waals surface area (Å²) >= 11 is 0. The molecule has 6 heteroatoms. The molecule has 0 saturated carbocycles. The number of para-hydroxylation sites is 1. The fourth-order valence-electron chi connectivity index (χ4n) is 3.69. The van der Waals surface area contributed by atoms with Crippen molar-refractivity contribution >= 4 is 5.91 Å². The Morgan fingerprint density at radius 3 is 2.72 bits per heavy atom. The van der Waals surface area contributed by atoms with E-state index < -0.39 is 6.10 Å². The number of amides is 1. The predicted molar refractivity (Wildman–Crippen MR) is 114 cm³/mol. The largest absolute Gasteiger partial charge is 0.491 e. The molecule has 2 aromatic rings. The highest BCUT2D eigenvalue weighted by Gasteiger charge is 2.19. The Balaban J connectivity index is 1.50. The number of rotatable bonds is 9. The van der Waals surface area contributed by atoms with E-state index in [0.29, 0.717) is 19.6 Å². The third-order valence-electron chi connectivity index (χ3n) is 5.22. The second kappa shape index (κ2) is 10.4. The molecule has 2 N–H and O–H groups in total. The number of aliphatic hydroxyl groups excluding tert-OH is 1. The number of carbonyl (C=O) groups is 1. The number of fused-ring (bicyclic) bond motifs is 1. The van der Waals surface area contributed by atoms with Crippen LogP contribution in [0.5, 0.6) is 5.75 Å². The quantitative estimate of drug-likeness (QED) is 0.674. The third-order valence-corrected chi connectivity index (χ3v) is 5.22. The van der Waals surface area contributed by atoms with Crippen LogP contribution in [0.15, 0.2) is 48.5 Å². The van der Waals surface area contributed by atoms with Gasteiger partial charge in [0.1, 0.15) is 18.5 Å². The Kier molecular flexibility index (Phi) is 7.63. The van der Waals surface area contributed by atoms with Crippen molar-refractivity contribution in [1.29, 1.82) is 0 Å². The lowest BCUT2D eigenvalue weighted by molar-refractivity contribution is -0.121. The number of hydrogen-bond donors (Lipinski definition) is 2. The highest BCUT2D eigenvalue weighted by atomic mass is 16.5. The lowest BCUT2D eigenvalue weighted by Gasteiger charge is -2.30. The van der Waals surface area contributed by atoms with Crippen molar-refractivity contribution in [3.63, 3.8) is 0 Å². The Morgan fingerprint density at radius 2 is 1.93 bits per heavy atom. The monoisotopic (exact) mass is 397 g/mol. The number of nitrogens with one attached hydrogen (secondary N) is 1. The molecule has 0 fully saturated rings. The van der Waals surface area contributed by atoms with Gasteiger partial charge in [0.05, 0.1) is 6.54 Å². The Labute approximate surface area is 173 Å². The van der Waals surface area contributed by atoms with Crippen molar-refractivity contribution in [2.24, 2.45) is 0 Å². The molecule has 0 spiro atoms. The first-order chi connectivity index (χ1) is 14.0. The van der Waals surface area contributed by atoms with E-state index in [2.05, 4.69) is 34.5 Å². The van der Waals surface area contributed by atoms with Crippen molar-refractivity contribution in [2.45, 2.75) is 25.6 Å². The fourth-order valence-corrected chi connectivity index (χ4v) is 3.69. The molecular formula is C23H31N3O3. The summed E-state index contributed by atoms with van der Waals surface area (Å²) in [6.07, 6.45) is 0.460. The molecule has 156 valence electrons. The summed E-state index contributed by atoms with van der Waals surface area (Å²) in [7, 11) is 3.53. The van der Waals surface area contributed by atoms with Crippen LogP contribution in [0.3, 0.4) is 0 Å². The topological polar surface area (TPSA) is 65.0 Å². The van der Waals surface area contributed by atoms with Crippen LogP contribution in [0.1, 0.15) is 16.7 Å². The van der Waals surface area contributed by atoms with Crippen LogP contribution < -0.4 is 10.1 Å². The number of aliphatic hydroxyl groups is 1. The number of β-amino-alcohol motifs (C(OH)–C–C–N with tert-alkyl or cyclic N) is 1. The average Bonchev–Trinajstić information content (AvgIpc) is 2.73. The smallest absolute Gasteiger partial charge is 0.233 e. The number of benzene rings is 2. The van der Waals surface area contributed by atoms with E-state index in [9.17, 15) is 9.90 Å². The highest BCUT2D eigenvalue weighted by molar-refractivity contribution is 5.77. The van der Waals surface area contributed by atoms with E-state index in [-0.39, 0.29) is 12.5 Å². The van der Waals surface area contributed by atoms with E-state index >= 15 is 0 Å². The number of ether oxygens (including phenoxy) is 1. The molecule has 1 heterocycles. The minimum absolute atomic E-state index is 0.0237. The van der Waals surface area contributed by atoms with Gasteiger partial charge in [0.25, 0.3) is 0 Å². The normalized spacial score (nSPS) is 15.0. The maximum absolute atomic E-state index is 11.6. The second-order valence-corrected chi connectivity index (χ2v) is 7.67. The summed E-state index contributed by atoms with van der Waals surface area (Å²) < 4.78 is 5.94. The molecule has 1 amide bonds. The molecule has 2 aromatic carbocycles. The van der Waals surface area contributed by atoms with Crippen molar-refractivity contribution in [2.75, 3.05) is 40.3 Å². The standard InChI is InChI=1S/C23H31N3O3/c1-24-23(28)16-25(2)13-20-9-5-6-10-22(20)29-17-21(27)15-26-12-11-18-7-3-4-8-19(18)14-26/h3-10,21,27H,11-17H2,1-2H3,(H,24,28)/t21-/m0/s1. The fraction of sp³-hybridized carbons (Fsp3) is 0.435. The Morgan fingerprint density at radius 1 is 1.21 bits per heavy atom. The van der Waals surface area contributed by atoms with Crippen LogP contribution in [-0.4, -0.2) is 67.3 Å². The molecule has 29 heavy (non-hydrogen) atoms. The van der Waals surface area contributed by atoms with Gasteiger partial charge >= 0.3 is 0 Å². The van der Waals surface area contributed by atoms with Gasteiger partial charge in [-0.05, 0) is 30.7 Å². The first-order valence-electron chi connectivity index (χ1n) is 10.1. The second-order valence-electron chi connectivity index (χ2n) is 7.67. The van der Waals surface area contributed by atoms with Crippen molar-refractivity contribution in [3.05, 3.63) is 65.2 Å². The first kappa shape index (κ1) is 21.3. The minimum atomic E-state index is -0.558. The summed E-state index contributed by atoms with van der Waals surface area (Å²) in [6, 6.07) is 16.3. The van der Waals surface area contributed by atoms with Crippen LogP contribution in [0, 0.1) is 0 Å². The zero-order chi connectivity index (χ0) is 20.6. The van der Waals surface area contributed by atoms with Crippen molar-refractivity contribution < 1.29 is 14.6 Å². The molecule has 3 rings (SSSR count). The van der Waals surface area contributed by atoms with E-state index in [1.165, 1.54) is 11.1 Å². The number of hydrogen-bond acceptors (Lipinski definition) is 5. The molecule has 1 aliphatic heterocycles. The van der Waals surface area contributed by atoms with Gasteiger partial charge in [0.15, 0.2) is 0 Å². The van der Waals surface area contributed by atoms with Gasteiger partial charge in [0, 0.05) is 38.8 Å². The molecule has 0 radical (unpaired) electrons. The molecule has 0 saturated heterocycles. The first-order valence-corrected chi connectivity index (χ1v) is 10.1. The molecular weight excluding hydrogens is 366 g/mol. The lowest BCUT2D eigenvalue weighted by atomic mass is 10.00. The van der Waals surface area contributed by atoms with E-state index in [1.54, 1.807) is 7.05 Å². The Hall–Kier alpha value is -2.41. The molecule has 1 aliphatic rings. The SMILES string of the molecule is CNC(=O)CN(C)Cc1ccccc1OC[C@@H](O)CN1CCc2ccccc2C1. The zero-order valence-corrected chi connectivity index (χ0v) is 17.3. The third kappa shape index (κ3) is 6.29. The summed E-state index contributed by atoms with van der Waals surface area (Å²) in [5.74, 6) is 0.726. The summed E-state index contributed by atoms with van der Waals surface area (Å²) in [4.78, 5) is 15.8. The van der Waals surface area contributed by atoms with Crippen molar-refractivity contribution in [3.8, 4) is 5.75 Å². The summed E-state index contributed by atoms with van der Waals surface area (Å²) in [5.41, 5.74) is 3.75. The number of carbonyl (C=O) groups excluding carboxylic acids is 1. The lowest BCUT2D eigenvalue weighted by Crippen LogP contribution is -2.38. The molecule has 0 bridgehead atoms. The van der Waals surface area contributed by atoms with Gasteiger partial charge in [-0.2, -0.15) is 0 Å². The average molecular weight is 398 g/mol. The number of nitrogens with zero attached hydrogens (tertiary/aromatic N) is 2.